The van der Waals surface area contributed by atoms with Crippen molar-refractivity contribution in [3.8, 4) is 11.3 Å². The van der Waals surface area contributed by atoms with Crippen LogP contribution < -0.4 is 10.2 Å². The zero-order valence-electron chi connectivity index (χ0n) is 19.8. The summed E-state index contributed by atoms with van der Waals surface area (Å²) >= 11 is 12.5. The quantitative estimate of drug-likeness (QED) is 0.460. The van der Waals surface area contributed by atoms with Crippen molar-refractivity contribution in [2.75, 3.05) is 44.2 Å². The third-order valence-electron chi connectivity index (χ3n) is 6.56. The summed E-state index contributed by atoms with van der Waals surface area (Å²) in [6.07, 6.45) is 0. The highest BCUT2D eigenvalue weighted by Crippen LogP contribution is 2.33. The maximum Gasteiger partial charge on any atom is 0.253 e. The van der Waals surface area contributed by atoms with Crippen molar-refractivity contribution in [2.45, 2.75) is 13.8 Å². The number of nitrogens with zero attached hydrogens (tertiary/aromatic N) is 3. The molecule has 0 bridgehead atoms. The molecule has 1 aliphatic rings. The van der Waals surface area contributed by atoms with Crippen LogP contribution in [0.1, 0.15) is 21.6 Å². The second-order valence-corrected chi connectivity index (χ2v) is 9.30. The molecule has 1 amide bonds. The molecule has 8 heteroatoms. The number of piperazine rings is 1. The number of aromatic nitrogens is 1. The van der Waals surface area contributed by atoms with Crippen molar-refractivity contribution in [3.63, 3.8) is 0 Å². The van der Waals surface area contributed by atoms with E-state index in [2.05, 4.69) is 31.8 Å². The highest BCUT2D eigenvalue weighted by molar-refractivity contribution is 6.43. The van der Waals surface area contributed by atoms with E-state index in [0.29, 0.717) is 16.6 Å². The first-order valence-corrected chi connectivity index (χ1v) is 12.0. The van der Waals surface area contributed by atoms with Crippen molar-refractivity contribution in [1.29, 1.82) is 0 Å². The van der Waals surface area contributed by atoms with Crippen LogP contribution in [0.2, 0.25) is 10.0 Å². The number of halogens is 3. The fourth-order valence-electron chi connectivity index (χ4n) is 4.68. The van der Waals surface area contributed by atoms with Crippen LogP contribution in [-0.4, -0.2) is 54.6 Å². The van der Waals surface area contributed by atoms with Crippen LogP contribution in [0.25, 0.3) is 11.3 Å². The highest BCUT2D eigenvalue weighted by Gasteiger charge is 2.23. The molecule has 4 rings (SSSR count). The number of hydrogen-bond donors (Lipinski definition) is 1. The summed E-state index contributed by atoms with van der Waals surface area (Å²) in [5.41, 5.74) is 5.98. The first-order valence-electron chi connectivity index (χ1n) is 11.3. The van der Waals surface area contributed by atoms with Crippen LogP contribution in [0.4, 0.5) is 5.69 Å². The van der Waals surface area contributed by atoms with Gasteiger partial charge in [-0.3, -0.25) is 9.69 Å². The average molecular weight is 522 g/mol. The molecule has 1 fully saturated rings. The van der Waals surface area contributed by atoms with Gasteiger partial charge in [0.05, 0.1) is 27.0 Å². The molecule has 1 aliphatic heterocycles. The second-order valence-electron chi connectivity index (χ2n) is 8.52. The summed E-state index contributed by atoms with van der Waals surface area (Å²) in [6.45, 7) is 9.07. The fraction of sp³-hybridized carbons (Fsp3) is 0.346. The van der Waals surface area contributed by atoms with E-state index < -0.39 is 0 Å². The van der Waals surface area contributed by atoms with Crippen molar-refractivity contribution in [3.05, 3.63) is 75.4 Å². The lowest BCUT2D eigenvalue weighted by molar-refractivity contribution is 0.0946. The minimum Gasteiger partial charge on any atom is -0.368 e. The highest BCUT2D eigenvalue weighted by atomic mass is 35.5. The van der Waals surface area contributed by atoms with Crippen LogP contribution in [0.3, 0.4) is 0 Å². The van der Waals surface area contributed by atoms with Crippen LogP contribution >= 0.6 is 35.6 Å². The second kappa shape index (κ2) is 11.5. The van der Waals surface area contributed by atoms with Crippen molar-refractivity contribution in [1.82, 2.24) is 14.8 Å². The molecule has 0 saturated carbocycles. The van der Waals surface area contributed by atoms with Gasteiger partial charge in [0.15, 0.2) is 0 Å². The zero-order chi connectivity index (χ0) is 23.5. The lowest BCUT2D eigenvalue weighted by atomic mass is 10.0. The molecule has 0 unspecified atom stereocenters. The van der Waals surface area contributed by atoms with E-state index in [-0.39, 0.29) is 18.3 Å². The van der Waals surface area contributed by atoms with Crippen LogP contribution in [-0.2, 0) is 7.05 Å². The van der Waals surface area contributed by atoms with E-state index in [9.17, 15) is 4.79 Å². The summed E-state index contributed by atoms with van der Waals surface area (Å²) in [7, 11) is 2.02. The van der Waals surface area contributed by atoms with Gasteiger partial charge in [-0.15, -0.1) is 12.4 Å². The number of rotatable bonds is 6. The van der Waals surface area contributed by atoms with Crippen LogP contribution in [0, 0.1) is 13.8 Å². The van der Waals surface area contributed by atoms with Gasteiger partial charge in [-0.2, -0.15) is 0 Å². The Morgan fingerprint density at radius 1 is 0.971 bits per heavy atom. The molecule has 0 radical (unpaired) electrons. The Balaban J connectivity index is 0.00000324. The largest absolute Gasteiger partial charge is 0.368 e. The molecule has 5 nitrogen and oxygen atoms in total. The number of anilines is 1. The van der Waals surface area contributed by atoms with Crippen molar-refractivity contribution in [2.24, 2.45) is 7.05 Å². The number of nitrogens with one attached hydrogen (secondary N) is 1. The summed E-state index contributed by atoms with van der Waals surface area (Å²) < 4.78 is 2.11. The molecule has 0 atom stereocenters. The molecule has 1 N–H and O–H groups in total. The van der Waals surface area contributed by atoms with Gasteiger partial charge in [0.25, 0.3) is 5.91 Å². The Bertz CT molecular complexity index is 1140. The standard InChI is InChI=1S/C26H30Cl2N4O.ClH/c1-18-23(19(2)30(3)25(18)20-8-5-4-6-9-20)26(33)29-12-13-31-14-16-32(17-15-31)22-11-7-10-21(27)24(22)28;/h4-11H,12-17H2,1-3H3,(H,29,33);1H. The molecule has 2 aromatic carbocycles. The predicted octanol–water partition coefficient (Wildman–Crippen LogP) is 5.59. The molecule has 1 saturated heterocycles. The lowest BCUT2D eigenvalue weighted by Crippen LogP contribution is -2.48. The Labute approximate surface area is 218 Å². The van der Waals surface area contributed by atoms with Crippen molar-refractivity contribution >= 4 is 47.2 Å². The molecule has 2 heterocycles. The van der Waals surface area contributed by atoms with E-state index >= 15 is 0 Å². The van der Waals surface area contributed by atoms with Gasteiger partial charge in [-0.25, -0.2) is 0 Å². The fourth-order valence-corrected chi connectivity index (χ4v) is 5.10. The van der Waals surface area contributed by atoms with Gasteiger partial charge in [0, 0.05) is 52.0 Å². The Morgan fingerprint density at radius 3 is 2.32 bits per heavy atom. The van der Waals surface area contributed by atoms with Crippen LogP contribution in [0.15, 0.2) is 48.5 Å². The van der Waals surface area contributed by atoms with E-state index in [0.717, 1.165) is 66.5 Å². The third-order valence-corrected chi connectivity index (χ3v) is 7.37. The number of carbonyl (C=O) groups is 1. The Morgan fingerprint density at radius 2 is 1.65 bits per heavy atom. The molecular weight excluding hydrogens is 491 g/mol. The summed E-state index contributed by atoms with van der Waals surface area (Å²) in [4.78, 5) is 17.7. The number of carbonyl (C=O) groups excluding carboxylic acids is 1. The van der Waals surface area contributed by atoms with Gasteiger partial charge < -0.3 is 14.8 Å². The lowest BCUT2D eigenvalue weighted by Gasteiger charge is -2.36. The van der Waals surface area contributed by atoms with Crippen molar-refractivity contribution < 1.29 is 4.79 Å². The van der Waals surface area contributed by atoms with Gasteiger partial charge in [-0.05, 0) is 37.1 Å². The predicted molar refractivity (Wildman–Crippen MR) is 145 cm³/mol. The minimum atomic E-state index is -0.00729. The van der Waals surface area contributed by atoms with E-state index in [1.54, 1.807) is 0 Å². The third kappa shape index (κ3) is 5.38. The zero-order valence-corrected chi connectivity index (χ0v) is 22.1. The summed E-state index contributed by atoms with van der Waals surface area (Å²) in [5.74, 6) is -0.00729. The van der Waals surface area contributed by atoms with E-state index in [4.69, 9.17) is 23.2 Å². The van der Waals surface area contributed by atoms with E-state index in [1.165, 1.54) is 0 Å². The summed E-state index contributed by atoms with van der Waals surface area (Å²) in [5, 5.41) is 4.33. The van der Waals surface area contributed by atoms with Gasteiger partial charge in [0.2, 0.25) is 0 Å². The number of hydrogen-bond acceptors (Lipinski definition) is 3. The molecule has 34 heavy (non-hydrogen) atoms. The average Bonchev–Trinajstić information content (AvgIpc) is 3.04. The smallest absolute Gasteiger partial charge is 0.253 e. The normalized spacial score (nSPS) is 14.1. The topological polar surface area (TPSA) is 40.5 Å². The van der Waals surface area contributed by atoms with Gasteiger partial charge in [-0.1, -0.05) is 59.6 Å². The van der Waals surface area contributed by atoms with Gasteiger partial charge in [0.1, 0.15) is 0 Å². The first-order chi connectivity index (χ1) is 15.9. The number of benzene rings is 2. The maximum atomic E-state index is 13.1. The number of amides is 1. The first kappa shape index (κ1) is 26.4. The Kier molecular flexibility index (Phi) is 8.94. The molecule has 0 spiro atoms. The maximum absolute atomic E-state index is 13.1. The molecule has 0 aliphatic carbocycles. The molecule has 1 aromatic heterocycles. The minimum absolute atomic E-state index is 0. The Hall–Kier alpha value is -2.18. The monoisotopic (exact) mass is 520 g/mol. The molecule has 182 valence electrons. The van der Waals surface area contributed by atoms with Crippen LogP contribution in [0.5, 0.6) is 0 Å². The molecule has 3 aromatic rings. The SMILES string of the molecule is Cc1c(C(=O)NCCN2CCN(c3cccc(Cl)c3Cl)CC2)c(C)n(C)c1-c1ccccc1.Cl. The van der Waals surface area contributed by atoms with E-state index in [1.807, 2.05) is 57.3 Å². The summed E-state index contributed by atoms with van der Waals surface area (Å²) in [6, 6.07) is 16.0. The molecular formula is C26H31Cl3N4O. The van der Waals surface area contributed by atoms with Gasteiger partial charge >= 0.3 is 0 Å².